The molecule has 0 fully saturated rings. The Morgan fingerprint density at radius 2 is 1.81 bits per heavy atom. The molecule has 0 saturated heterocycles. The van der Waals surface area contributed by atoms with Gasteiger partial charge in [0.1, 0.15) is 0 Å². The Balaban J connectivity index is 0. The van der Waals surface area contributed by atoms with Crippen molar-refractivity contribution in [2.24, 2.45) is 5.73 Å². The molecule has 0 aliphatic rings. The number of nitrogens with one attached hydrogen (secondary N) is 1. The SMILES string of the molecule is C.COc1ccc(CC(=N)N)cc1OC.Cl. The smallest absolute Gasteiger partial charge is 0.161 e. The molecule has 0 spiro atoms. The molecule has 0 amide bonds. The number of ether oxygens (including phenoxy) is 2. The highest BCUT2D eigenvalue weighted by Crippen LogP contribution is 2.27. The molecular weight excluding hydrogens is 228 g/mol. The van der Waals surface area contributed by atoms with E-state index in [9.17, 15) is 0 Å². The first kappa shape index (κ1) is 17.0. The van der Waals surface area contributed by atoms with E-state index in [-0.39, 0.29) is 25.7 Å². The zero-order valence-electron chi connectivity index (χ0n) is 8.74. The maximum absolute atomic E-state index is 7.16. The monoisotopic (exact) mass is 246 g/mol. The van der Waals surface area contributed by atoms with Crippen LogP contribution in [-0.2, 0) is 6.42 Å². The number of halogens is 1. The Labute approximate surface area is 103 Å². The third-order valence-electron chi connectivity index (χ3n) is 1.84. The molecular formula is C11H19ClN2O2. The summed E-state index contributed by atoms with van der Waals surface area (Å²) in [6.45, 7) is 0. The van der Waals surface area contributed by atoms with Gasteiger partial charge in [-0.3, -0.25) is 5.41 Å². The van der Waals surface area contributed by atoms with Gasteiger partial charge in [0.15, 0.2) is 11.5 Å². The third-order valence-corrected chi connectivity index (χ3v) is 1.84. The van der Waals surface area contributed by atoms with E-state index in [4.69, 9.17) is 20.6 Å². The van der Waals surface area contributed by atoms with Gasteiger partial charge < -0.3 is 15.2 Å². The molecule has 92 valence electrons. The van der Waals surface area contributed by atoms with Crippen molar-refractivity contribution in [1.29, 1.82) is 5.41 Å². The number of hydrogen-bond acceptors (Lipinski definition) is 3. The van der Waals surface area contributed by atoms with Gasteiger partial charge in [-0.2, -0.15) is 0 Å². The maximum atomic E-state index is 7.16. The summed E-state index contributed by atoms with van der Waals surface area (Å²) in [5.41, 5.74) is 6.24. The minimum atomic E-state index is 0. The lowest BCUT2D eigenvalue weighted by atomic mass is 10.1. The highest BCUT2D eigenvalue weighted by molar-refractivity contribution is 5.85. The van der Waals surface area contributed by atoms with Gasteiger partial charge in [-0.05, 0) is 17.7 Å². The van der Waals surface area contributed by atoms with Crippen molar-refractivity contribution in [3.8, 4) is 11.5 Å². The zero-order valence-corrected chi connectivity index (χ0v) is 9.56. The van der Waals surface area contributed by atoms with E-state index in [1.807, 2.05) is 12.1 Å². The fourth-order valence-corrected chi connectivity index (χ4v) is 1.21. The molecule has 1 rings (SSSR count). The summed E-state index contributed by atoms with van der Waals surface area (Å²) in [5, 5.41) is 7.16. The lowest BCUT2D eigenvalue weighted by Crippen LogP contribution is -2.12. The van der Waals surface area contributed by atoms with Gasteiger partial charge >= 0.3 is 0 Å². The second-order valence-electron chi connectivity index (χ2n) is 2.89. The van der Waals surface area contributed by atoms with Crippen molar-refractivity contribution in [2.45, 2.75) is 13.8 Å². The molecule has 3 N–H and O–H groups in total. The van der Waals surface area contributed by atoms with E-state index in [1.54, 1.807) is 20.3 Å². The van der Waals surface area contributed by atoms with Crippen LogP contribution in [-0.4, -0.2) is 20.1 Å². The third kappa shape index (κ3) is 4.40. The molecule has 0 unspecified atom stereocenters. The highest BCUT2D eigenvalue weighted by atomic mass is 35.5. The average molecular weight is 247 g/mol. The molecule has 0 aliphatic carbocycles. The fraction of sp³-hybridized carbons (Fsp3) is 0.364. The molecule has 5 heteroatoms. The van der Waals surface area contributed by atoms with Gasteiger partial charge in [0.05, 0.1) is 20.1 Å². The van der Waals surface area contributed by atoms with E-state index >= 15 is 0 Å². The summed E-state index contributed by atoms with van der Waals surface area (Å²) in [7, 11) is 3.16. The first-order valence-electron chi connectivity index (χ1n) is 4.21. The van der Waals surface area contributed by atoms with Gasteiger partial charge in [0, 0.05) is 6.42 Å². The van der Waals surface area contributed by atoms with Gasteiger partial charge in [0.25, 0.3) is 0 Å². The van der Waals surface area contributed by atoms with Gasteiger partial charge in [-0.15, -0.1) is 12.4 Å². The van der Waals surface area contributed by atoms with Crippen LogP contribution in [0, 0.1) is 5.41 Å². The van der Waals surface area contributed by atoms with Gasteiger partial charge in [0.2, 0.25) is 0 Å². The molecule has 16 heavy (non-hydrogen) atoms. The lowest BCUT2D eigenvalue weighted by molar-refractivity contribution is 0.354. The molecule has 0 saturated carbocycles. The molecule has 0 aliphatic heterocycles. The second-order valence-corrected chi connectivity index (χ2v) is 2.89. The standard InChI is InChI=1S/C10H14N2O2.CH4.ClH/c1-13-8-4-3-7(6-10(11)12)5-9(8)14-2;;/h3-5H,6H2,1-2H3,(H3,11,12);1H4;1H. The maximum Gasteiger partial charge on any atom is 0.161 e. The fourth-order valence-electron chi connectivity index (χ4n) is 1.21. The van der Waals surface area contributed by atoms with Crippen molar-refractivity contribution in [3.05, 3.63) is 23.8 Å². The Bertz CT molecular complexity index is 343. The average Bonchev–Trinajstić information content (AvgIpc) is 2.16. The minimum Gasteiger partial charge on any atom is -0.493 e. The number of methoxy groups -OCH3 is 2. The van der Waals surface area contributed by atoms with E-state index in [2.05, 4.69) is 0 Å². The Morgan fingerprint density at radius 1 is 1.25 bits per heavy atom. The summed E-state index contributed by atoms with van der Waals surface area (Å²) in [5.74, 6) is 1.48. The summed E-state index contributed by atoms with van der Waals surface area (Å²) in [6, 6.07) is 5.49. The Morgan fingerprint density at radius 3 is 2.25 bits per heavy atom. The summed E-state index contributed by atoms with van der Waals surface area (Å²) < 4.78 is 10.2. The first-order valence-corrected chi connectivity index (χ1v) is 4.21. The molecule has 0 atom stereocenters. The van der Waals surface area contributed by atoms with Crippen LogP contribution in [0.3, 0.4) is 0 Å². The van der Waals surface area contributed by atoms with Crippen molar-refractivity contribution >= 4 is 18.2 Å². The van der Waals surface area contributed by atoms with Gasteiger partial charge in [-0.25, -0.2) is 0 Å². The summed E-state index contributed by atoms with van der Waals surface area (Å²) >= 11 is 0. The Kier molecular flexibility index (Phi) is 8.30. The minimum absolute atomic E-state index is 0. The van der Waals surface area contributed by atoms with Crippen LogP contribution in [0.1, 0.15) is 13.0 Å². The van der Waals surface area contributed by atoms with E-state index < -0.39 is 0 Å². The van der Waals surface area contributed by atoms with Crippen LogP contribution in [0.25, 0.3) is 0 Å². The van der Waals surface area contributed by atoms with E-state index in [1.165, 1.54) is 0 Å². The Hall–Kier alpha value is -1.42. The van der Waals surface area contributed by atoms with Crippen molar-refractivity contribution in [1.82, 2.24) is 0 Å². The number of rotatable bonds is 4. The van der Waals surface area contributed by atoms with Crippen LogP contribution >= 0.6 is 12.4 Å². The lowest BCUT2D eigenvalue weighted by Gasteiger charge is -2.08. The van der Waals surface area contributed by atoms with Crippen molar-refractivity contribution in [2.75, 3.05) is 14.2 Å². The topological polar surface area (TPSA) is 68.3 Å². The second kappa shape index (κ2) is 7.82. The molecule has 4 nitrogen and oxygen atoms in total. The largest absolute Gasteiger partial charge is 0.493 e. The molecule has 1 aromatic carbocycles. The van der Waals surface area contributed by atoms with Crippen LogP contribution in [0.5, 0.6) is 11.5 Å². The normalized spacial score (nSPS) is 8.38. The summed E-state index contributed by atoms with van der Waals surface area (Å²) in [4.78, 5) is 0. The summed E-state index contributed by atoms with van der Waals surface area (Å²) in [6.07, 6.45) is 0.431. The van der Waals surface area contributed by atoms with E-state index in [0.29, 0.717) is 17.9 Å². The molecule has 0 aromatic heterocycles. The predicted octanol–water partition coefficient (Wildman–Crippen LogP) is 2.24. The number of nitrogens with two attached hydrogens (primary N) is 1. The quantitative estimate of drug-likeness (QED) is 0.632. The molecule has 0 bridgehead atoms. The number of hydrogen-bond donors (Lipinski definition) is 2. The van der Waals surface area contributed by atoms with Crippen LogP contribution in [0.4, 0.5) is 0 Å². The van der Waals surface area contributed by atoms with Gasteiger partial charge in [-0.1, -0.05) is 13.5 Å². The van der Waals surface area contributed by atoms with Crippen molar-refractivity contribution < 1.29 is 9.47 Å². The number of benzene rings is 1. The highest BCUT2D eigenvalue weighted by Gasteiger charge is 2.04. The molecule has 1 aromatic rings. The zero-order chi connectivity index (χ0) is 10.6. The van der Waals surface area contributed by atoms with E-state index in [0.717, 1.165) is 5.56 Å². The number of amidine groups is 1. The first-order chi connectivity index (χ1) is 6.67. The van der Waals surface area contributed by atoms with Crippen LogP contribution < -0.4 is 15.2 Å². The molecule has 0 heterocycles. The van der Waals surface area contributed by atoms with Crippen LogP contribution in [0.2, 0.25) is 0 Å². The predicted molar refractivity (Wildman–Crippen MR) is 69.1 cm³/mol. The molecule has 0 radical (unpaired) electrons. The van der Waals surface area contributed by atoms with Crippen LogP contribution in [0.15, 0.2) is 18.2 Å². The van der Waals surface area contributed by atoms with Crippen molar-refractivity contribution in [3.63, 3.8) is 0 Å².